The third-order valence-electron chi connectivity index (χ3n) is 5.40. The number of ketones is 1. The number of aryl methyl sites for hydroxylation is 1. The van der Waals surface area contributed by atoms with Gasteiger partial charge in [0.15, 0.2) is 0 Å². The minimum atomic E-state index is -0.666. The van der Waals surface area contributed by atoms with Crippen molar-refractivity contribution in [2.24, 2.45) is 0 Å². The molecule has 28 heavy (non-hydrogen) atoms. The number of aromatic nitrogens is 1. The molecule has 1 N–H and O–H groups in total. The van der Waals surface area contributed by atoms with Gasteiger partial charge in [-0.05, 0) is 43.0 Å². The summed E-state index contributed by atoms with van der Waals surface area (Å²) >= 11 is 0. The standard InChI is InChI=1S/C22H22N2O4/c1-14-5-2-3-7-17(14)19-18(20(25)15-8-10-23-11-9-15)21(26)22(27)24(19)13-16-6-4-12-28-16/h2-3,5,7-11,16,19,25H,4,6,12-13H2,1H3/b20-18-. The monoisotopic (exact) mass is 378 g/mol. The molecule has 1 amide bonds. The molecule has 2 atom stereocenters. The number of nitrogens with zero attached hydrogens (tertiary/aromatic N) is 2. The zero-order chi connectivity index (χ0) is 19.7. The van der Waals surface area contributed by atoms with E-state index in [2.05, 4.69) is 4.98 Å². The molecule has 2 aliphatic heterocycles. The van der Waals surface area contributed by atoms with Gasteiger partial charge in [-0.3, -0.25) is 14.6 Å². The number of carbonyl (C=O) groups is 2. The van der Waals surface area contributed by atoms with Crippen molar-refractivity contribution in [3.8, 4) is 0 Å². The summed E-state index contributed by atoms with van der Waals surface area (Å²) in [6, 6.07) is 10.2. The van der Waals surface area contributed by atoms with E-state index in [0.29, 0.717) is 18.7 Å². The van der Waals surface area contributed by atoms with Crippen LogP contribution in [0.2, 0.25) is 0 Å². The van der Waals surface area contributed by atoms with E-state index in [-0.39, 0.29) is 17.4 Å². The number of rotatable bonds is 4. The summed E-state index contributed by atoms with van der Waals surface area (Å²) < 4.78 is 5.70. The molecule has 2 aromatic rings. The Kier molecular flexibility index (Phi) is 4.96. The Balaban J connectivity index is 1.84. The topological polar surface area (TPSA) is 79.7 Å². The molecule has 1 aromatic heterocycles. The first kappa shape index (κ1) is 18.4. The number of hydrogen-bond acceptors (Lipinski definition) is 5. The number of benzene rings is 1. The van der Waals surface area contributed by atoms with Gasteiger partial charge < -0.3 is 14.7 Å². The molecule has 6 heteroatoms. The average Bonchev–Trinajstić information content (AvgIpc) is 3.31. The molecule has 2 saturated heterocycles. The van der Waals surface area contributed by atoms with Gasteiger partial charge in [0.05, 0.1) is 17.7 Å². The molecule has 0 aliphatic carbocycles. The first-order valence-corrected chi connectivity index (χ1v) is 9.44. The van der Waals surface area contributed by atoms with E-state index >= 15 is 0 Å². The number of aliphatic hydroxyl groups is 1. The van der Waals surface area contributed by atoms with E-state index in [9.17, 15) is 14.7 Å². The van der Waals surface area contributed by atoms with Gasteiger partial charge in [-0.2, -0.15) is 0 Å². The Morgan fingerprint density at radius 3 is 2.64 bits per heavy atom. The van der Waals surface area contributed by atoms with Crippen LogP contribution in [-0.2, 0) is 14.3 Å². The zero-order valence-electron chi connectivity index (χ0n) is 15.7. The van der Waals surface area contributed by atoms with E-state index in [1.54, 1.807) is 29.4 Å². The fraction of sp³-hybridized carbons (Fsp3) is 0.318. The maximum absolute atomic E-state index is 12.9. The molecule has 4 rings (SSSR count). The van der Waals surface area contributed by atoms with Crippen molar-refractivity contribution >= 4 is 17.4 Å². The second kappa shape index (κ2) is 7.56. The van der Waals surface area contributed by atoms with Crippen LogP contribution in [0.15, 0.2) is 54.4 Å². The summed E-state index contributed by atoms with van der Waals surface area (Å²) in [5.41, 5.74) is 2.36. The largest absolute Gasteiger partial charge is 0.507 e. The maximum Gasteiger partial charge on any atom is 0.295 e. The number of hydrogen-bond donors (Lipinski definition) is 1. The summed E-state index contributed by atoms with van der Waals surface area (Å²) in [5.74, 6) is -1.44. The van der Waals surface area contributed by atoms with Gasteiger partial charge in [0.1, 0.15) is 5.76 Å². The molecule has 1 aromatic carbocycles. The Morgan fingerprint density at radius 2 is 1.96 bits per heavy atom. The minimum absolute atomic E-state index is 0.0920. The predicted molar refractivity (Wildman–Crippen MR) is 103 cm³/mol. The molecule has 0 radical (unpaired) electrons. The number of amides is 1. The fourth-order valence-electron chi connectivity index (χ4n) is 3.96. The maximum atomic E-state index is 12.9. The van der Waals surface area contributed by atoms with Crippen molar-refractivity contribution in [2.75, 3.05) is 13.2 Å². The summed E-state index contributed by atoms with van der Waals surface area (Å²) in [5, 5.41) is 10.9. The molecule has 144 valence electrons. The zero-order valence-corrected chi connectivity index (χ0v) is 15.7. The number of aliphatic hydroxyl groups excluding tert-OH is 1. The Bertz CT molecular complexity index is 933. The van der Waals surface area contributed by atoms with Crippen molar-refractivity contribution in [3.63, 3.8) is 0 Å². The second-order valence-corrected chi connectivity index (χ2v) is 7.18. The van der Waals surface area contributed by atoms with Crippen LogP contribution in [0.1, 0.15) is 35.6 Å². The SMILES string of the molecule is Cc1ccccc1C1/C(=C(/O)c2ccncc2)C(=O)C(=O)N1CC1CCCO1. The fourth-order valence-corrected chi connectivity index (χ4v) is 3.96. The minimum Gasteiger partial charge on any atom is -0.507 e. The summed E-state index contributed by atoms with van der Waals surface area (Å²) in [6.45, 7) is 2.94. The van der Waals surface area contributed by atoms with Crippen molar-refractivity contribution in [2.45, 2.75) is 31.9 Å². The third kappa shape index (κ3) is 3.20. The molecule has 0 spiro atoms. The molecular weight excluding hydrogens is 356 g/mol. The van der Waals surface area contributed by atoms with Crippen LogP contribution in [-0.4, -0.2) is 45.9 Å². The van der Waals surface area contributed by atoms with Crippen LogP contribution < -0.4 is 0 Å². The van der Waals surface area contributed by atoms with Gasteiger partial charge >= 0.3 is 0 Å². The van der Waals surface area contributed by atoms with Crippen LogP contribution in [0.3, 0.4) is 0 Å². The van der Waals surface area contributed by atoms with Crippen LogP contribution in [0, 0.1) is 6.92 Å². The van der Waals surface area contributed by atoms with Crippen LogP contribution >= 0.6 is 0 Å². The molecule has 2 fully saturated rings. The van der Waals surface area contributed by atoms with Crippen LogP contribution in [0.4, 0.5) is 0 Å². The van der Waals surface area contributed by atoms with E-state index in [0.717, 1.165) is 24.0 Å². The summed E-state index contributed by atoms with van der Waals surface area (Å²) in [6.07, 6.45) is 4.79. The highest BCUT2D eigenvalue weighted by Crippen LogP contribution is 2.40. The molecule has 0 saturated carbocycles. The number of Topliss-reactive ketones (excluding diaryl/α,β-unsaturated/α-hetero) is 1. The first-order chi connectivity index (χ1) is 13.6. The van der Waals surface area contributed by atoms with Gasteiger partial charge in [-0.15, -0.1) is 0 Å². The molecule has 2 unspecified atom stereocenters. The highest BCUT2D eigenvalue weighted by molar-refractivity contribution is 6.46. The predicted octanol–water partition coefficient (Wildman–Crippen LogP) is 2.99. The lowest BCUT2D eigenvalue weighted by molar-refractivity contribution is -0.140. The molecule has 3 heterocycles. The highest BCUT2D eigenvalue weighted by Gasteiger charge is 2.47. The first-order valence-electron chi connectivity index (χ1n) is 9.44. The smallest absolute Gasteiger partial charge is 0.295 e. The Hall–Kier alpha value is -2.99. The highest BCUT2D eigenvalue weighted by atomic mass is 16.5. The van der Waals surface area contributed by atoms with E-state index in [1.165, 1.54) is 0 Å². The second-order valence-electron chi connectivity index (χ2n) is 7.18. The quantitative estimate of drug-likeness (QED) is 0.503. The van der Waals surface area contributed by atoms with E-state index < -0.39 is 17.7 Å². The van der Waals surface area contributed by atoms with Crippen molar-refractivity contribution in [3.05, 3.63) is 71.1 Å². The summed E-state index contributed by atoms with van der Waals surface area (Å²) in [7, 11) is 0. The normalized spacial score (nSPS) is 24.1. The number of carbonyl (C=O) groups excluding carboxylic acids is 2. The lowest BCUT2D eigenvalue weighted by Crippen LogP contribution is -2.36. The van der Waals surface area contributed by atoms with Gasteiger partial charge in [0.2, 0.25) is 0 Å². The lowest BCUT2D eigenvalue weighted by atomic mass is 9.92. The Labute approximate surface area is 163 Å². The lowest BCUT2D eigenvalue weighted by Gasteiger charge is -2.28. The van der Waals surface area contributed by atoms with E-state index in [4.69, 9.17) is 4.74 Å². The number of likely N-dealkylation sites (tertiary alicyclic amines) is 1. The van der Waals surface area contributed by atoms with Crippen LogP contribution in [0.5, 0.6) is 0 Å². The van der Waals surface area contributed by atoms with Crippen molar-refractivity contribution < 1.29 is 19.4 Å². The average molecular weight is 378 g/mol. The molecule has 2 aliphatic rings. The number of pyridine rings is 1. The van der Waals surface area contributed by atoms with Gasteiger partial charge in [0.25, 0.3) is 11.7 Å². The molecular formula is C22H22N2O4. The van der Waals surface area contributed by atoms with Gasteiger partial charge in [-0.1, -0.05) is 24.3 Å². The third-order valence-corrected chi connectivity index (χ3v) is 5.40. The van der Waals surface area contributed by atoms with Gasteiger partial charge in [0, 0.05) is 31.1 Å². The van der Waals surface area contributed by atoms with Crippen molar-refractivity contribution in [1.82, 2.24) is 9.88 Å². The summed E-state index contributed by atoms with van der Waals surface area (Å²) in [4.78, 5) is 31.3. The molecule has 6 nitrogen and oxygen atoms in total. The van der Waals surface area contributed by atoms with Crippen LogP contribution in [0.25, 0.3) is 5.76 Å². The Morgan fingerprint density at radius 1 is 1.21 bits per heavy atom. The number of ether oxygens (including phenoxy) is 1. The van der Waals surface area contributed by atoms with E-state index in [1.807, 2.05) is 31.2 Å². The van der Waals surface area contributed by atoms with Gasteiger partial charge in [-0.25, -0.2) is 0 Å². The molecule has 0 bridgehead atoms. The van der Waals surface area contributed by atoms with Crippen molar-refractivity contribution in [1.29, 1.82) is 0 Å².